The van der Waals surface area contributed by atoms with Crippen molar-refractivity contribution in [3.63, 3.8) is 0 Å². The molecule has 0 bridgehead atoms. The fourth-order valence-electron chi connectivity index (χ4n) is 2.42. The molecule has 1 saturated heterocycles. The molecule has 0 aliphatic carbocycles. The lowest BCUT2D eigenvalue weighted by atomic mass is 10.2. The van der Waals surface area contributed by atoms with Crippen molar-refractivity contribution in [2.24, 2.45) is 0 Å². The molecule has 0 unspecified atom stereocenters. The maximum Gasteiger partial charge on any atom is 0.311 e. The van der Waals surface area contributed by atoms with Gasteiger partial charge >= 0.3 is 5.97 Å². The lowest BCUT2D eigenvalue weighted by Gasteiger charge is -2.13. The van der Waals surface area contributed by atoms with E-state index >= 15 is 0 Å². The Bertz CT molecular complexity index is 929. The highest BCUT2D eigenvalue weighted by Crippen LogP contribution is 2.31. The molecule has 0 atom stereocenters. The molecule has 1 aliphatic heterocycles. The summed E-state index contributed by atoms with van der Waals surface area (Å²) in [6.07, 6.45) is 4.92. The van der Waals surface area contributed by atoms with E-state index in [4.69, 9.17) is 4.74 Å². The maximum atomic E-state index is 12.4. The zero-order chi connectivity index (χ0) is 20.6. The minimum atomic E-state index is -0.498. The quantitative estimate of drug-likeness (QED) is 0.504. The summed E-state index contributed by atoms with van der Waals surface area (Å²) in [7, 11) is 0. The van der Waals surface area contributed by atoms with Crippen molar-refractivity contribution in [2.75, 3.05) is 19.7 Å². The topological polar surface area (TPSA) is 106 Å². The van der Waals surface area contributed by atoms with Crippen LogP contribution in [0.5, 0.6) is 0 Å². The van der Waals surface area contributed by atoms with Crippen LogP contribution in [0.3, 0.4) is 0 Å². The third-order valence-corrected chi connectivity index (χ3v) is 5.56. The monoisotopic (exact) mass is 431 g/mol. The second-order valence-corrected chi connectivity index (χ2v) is 7.91. The van der Waals surface area contributed by atoms with Crippen molar-refractivity contribution in [1.82, 2.24) is 15.2 Å². The third-order valence-electron chi connectivity index (χ3n) is 3.78. The van der Waals surface area contributed by atoms with Gasteiger partial charge in [-0.15, -0.1) is 11.3 Å². The summed E-state index contributed by atoms with van der Waals surface area (Å²) < 4.78 is 4.91. The van der Waals surface area contributed by atoms with Crippen LogP contribution in [0.4, 0.5) is 4.79 Å². The first-order valence-corrected chi connectivity index (χ1v) is 10.3. The van der Waals surface area contributed by atoms with E-state index in [-0.39, 0.29) is 19.5 Å². The number of carbonyl (C=O) groups is 4. The number of nitrogens with zero attached hydrogens (tertiary/aromatic N) is 2. The number of thiophene rings is 1. The van der Waals surface area contributed by atoms with Crippen LogP contribution < -0.4 is 5.32 Å². The maximum absolute atomic E-state index is 12.4. The van der Waals surface area contributed by atoms with Gasteiger partial charge in [0.2, 0.25) is 0 Å². The Labute approximate surface area is 174 Å². The fraction of sp³-hybridized carbons (Fsp3) is 0.211. The van der Waals surface area contributed by atoms with Gasteiger partial charge in [0.15, 0.2) is 6.61 Å². The van der Waals surface area contributed by atoms with Gasteiger partial charge in [0.1, 0.15) is 0 Å². The Hall–Kier alpha value is -2.98. The van der Waals surface area contributed by atoms with Crippen LogP contribution in [-0.4, -0.2) is 52.6 Å². The molecule has 0 radical (unpaired) electrons. The van der Waals surface area contributed by atoms with Gasteiger partial charge in [-0.3, -0.25) is 29.1 Å². The average Bonchev–Trinajstić information content (AvgIpc) is 3.30. The average molecular weight is 431 g/mol. The molecule has 2 aromatic rings. The van der Waals surface area contributed by atoms with Crippen molar-refractivity contribution in [1.29, 1.82) is 0 Å². The molecule has 2 aromatic heterocycles. The lowest BCUT2D eigenvalue weighted by Crippen LogP contribution is -2.38. The van der Waals surface area contributed by atoms with E-state index in [9.17, 15) is 19.2 Å². The van der Waals surface area contributed by atoms with Gasteiger partial charge in [-0.05, 0) is 40.9 Å². The molecule has 8 nitrogen and oxygen atoms in total. The van der Waals surface area contributed by atoms with Crippen LogP contribution in [0.2, 0.25) is 0 Å². The molecule has 3 rings (SSSR count). The van der Waals surface area contributed by atoms with E-state index in [1.165, 1.54) is 11.3 Å². The number of hydrogen-bond donors (Lipinski definition) is 1. The lowest BCUT2D eigenvalue weighted by molar-refractivity contribution is -0.147. The molecule has 3 heterocycles. The Morgan fingerprint density at radius 2 is 2.10 bits per heavy atom. The molecule has 1 N–H and O–H groups in total. The number of esters is 1. The number of rotatable bonds is 8. The van der Waals surface area contributed by atoms with Crippen molar-refractivity contribution in [3.8, 4) is 0 Å². The molecule has 29 heavy (non-hydrogen) atoms. The number of imide groups is 1. The SMILES string of the molecule is O=C(COC(=O)Cc1cccs1)NCCN1C(=O)S/C(=C\c2cccnc2)C1=O. The minimum absolute atomic E-state index is 0.0317. The standard InChI is InChI=1S/C19H17N3O5S2/c23-16(12-27-17(24)10-14-4-2-8-28-14)21-6-7-22-18(25)15(29-19(22)26)9-13-3-1-5-20-11-13/h1-5,8-9,11H,6-7,10,12H2,(H,21,23)/b15-9-. The smallest absolute Gasteiger partial charge is 0.311 e. The summed E-state index contributed by atoms with van der Waals surface area (Å²) in [5, 5.41) is 3.98. The summed E-state index contributed by atoms with van der Waals surface area (Å²) in [6, 6.07) is 7.15. The van der Waals surface area contributed by atoms with Crippen LogP contribution in [-0.2, 0) is 25.5 Å². The Morgan fingerprint density at radius 3 is 2.83 bits per heavy atom. The number of aromatic nitrogens is 1. The number of thioether (sulfide) groups is 1. The summed E-state index contributed by atoms with van der Waals surface area (Å²) in [6.45, 7) is -0.309. The summed E-state index contributed by atoms with van der Waals surface area (Å²) in [4.78, 5) is 54.1. The first kappa shape index (κ1) is 20.7. The summed E-state index contributed by atoms with van der Waals surface area (Å²) in [5.41, 5.74) is 0.718. The van der Waals surface area contributed by atoms with E-state index in [2.05, 4.69) is 10.3 Å². The molecule has 0 aromatic carbocycles. The van der Waals surface area contributed by atoms with Crippen LogP contribution >= 0.6 is 23.1 Å². The minimum Gasteiger partial charge on any atom is -0.455 e. The van der Waals surface area contributed by atoms with Gasteiger partial charge in [0.25, 0.3) is 17.1 Å². The van der Waals surface area contributed by atoms with E-state index in [0.29, 0.717) is 4.91 Å². The molecular weight excluding hydrogens is 414 g/mol. The first-order chi connectivity index (χ1) is 14.0. The Balaban J connectivity index is 1.41. The Kier molecular flexibility index (Phi) is 7.14. The van der Waals surface area contributed by atoms with Crippen LogP contribution in [0.1, 0.15) is 10.4 Å². The van der Waals surface area contributed by atoms with Crippen molar-refractivity contribution in [2.45, 2.75) is 6.42 Å². The molecule has 1 fully saturated rings. The third kappa shape index (κ3) is 6.00. The first-order valence-electron chi connectivity index (χ1n) is 8.63. The molecule has 150 valence electrons. The molecule has 0 saturated carbocycles. The van der Waals surface area contributed by atoms with Crippen molar-refractivity contribution in [3.05, 3.63) is 57.4 Å². The van der Waals surface area contributed by atoms with E-state index in [0.717, 1.165) is 27.1 Å². The number of ether oxygens (including phenoxy) is 1. The highest BCUT2D eigenvalue weighted by molar-refractivity contribution is 8.18. The number of pyridine rings is 1. The normalized spacial score (nSPS) is 15.0. The zero-order valence-corrected chi connectivity index (χ0v) is 16.8. The van der Waals surface area contributed by atoms with Crippen LogP contribution in [0.15, 0.2) is 46.9 Å². The van der Waals surface area contributed by atoms with E-state index in [1.807, 2.05) is 17.5 Å². The van der Waals surface area contributed by atoms with Gasteiger partial charge < -0.3 is 10.1 Å². The fourth-order valence-corrected chi connectivity index (χ4v) is 3.97. The zero-order valence-electron chi connectivity index (χ0n) is 15.2. The van der Waals surface area contributed by atoms with E-state index < -0.39 is 29.6 Å². The number of nitrogens with one attached hydrogen (secondary N) is 1. The second kappa shape index (κ2) is 9.99. The molecule has 0 spiro atoms. The number of carbonyl (C=O) groups excluding carboxylic acids is 4. The van der Waals surface area contributed by atoms with Crippen molar-refractivity contribution >= 4 is 52.2 Å². The summed E-state index contributed by atoms with van der Waals surface area (Å²) in [5.74, 6) is -1.41. The molecule has 10 heteroatoms. The second-order valence-electron chi connectivity index (χ2n) is 5.89. The molecule has 1 aliphatic rings. The highest BCUT2D eigenvalue weighted by Gasteiger charge is 2.34. The van der Waals surface area contributed by atoms with Gasteiger partial charge in [-0.2, -0.15) is 0 Å². The molecule has 3 amide bonds. The summed E-state index contributed by atoms with van der Waals surface area (Å²) >= 11 is 2.27. The van der Waals surface area contributed by atoms with Gasteiger partial charge in [-0.1, -0.05) is 12.1 Å². The molecular formula is C19H17N3O5S2. The predicted molar refractivity (Wildman–Crippen MR) is 109 cm³/mol. The van der Waals surface area contributed by atoms with Crippen LogP contribution in [0, 0.1) is 0 Å². The van der Waals surface area contributed by atoms with Gasteiger partial charge in [0, 0.05) is 30.4 Å². The number of amides is 3. The predicted octanol–water partition coefficient (Wildman–Crippen LogP) is 2.08. The van der Waals surface area contributed by atoms with Gasteiger partial charge in [-0.25, -0.2) is 0 Å². The Morgan fingerprint density at radius 1 is 1.24 bits per heavy atom. The van der Waals surface area contributed by atoms with E-state index in [1.54, 1.807) is 30.6 Å². The largest absolute Gasteiger partial charge is 0.455 e. The highest BCUT2D eigenvalue weighted by atomic mass is 32.2. The van der Waals surface area contributed by atoms with Crippen molar-refractivity contribution < 1.29 is 23.9 Å². The number of hydrogen-bond acceptors (Lipinski definition) is 8. The van der Waals surface area contributed by atoms with Gasteiger partial charge in [0.05, 0.1) is 11.3 Å². The van der Waals surface area contributed by atoms with Crippen LogP contribution in [0.25, 0.3) is 6.08 Å².